The Bertz CT molecular complexity index is 940. The lowest BCUT2D eigenvalue weighted by molar-refractivity contribution is 0.1000. The first kappa shape index (κ1) is 15.3. The van der Waals surface area contributed by atoms with E-state index in [-0.39, 0.29) is 14.8 Å². The summed E-state index contributed by atoms with van der Waals surface area (Å²) in [4.78, 5) is 11.9. The van der Waals surface area contributed by atoms with Crippen LogP contribution in [0.25, 0.3) is 5.57 Å². The standard InChI is InChI=1S/C21H18N2O2.2H2/c1-13-18(15-10-11-25-12-15)20(14-6-3-2-4-7-14)23-17-9-5-8-16(19(13)17)21(22)24;;/h2-12,18,20,23H,1H2,(H2,22,24);2*1H. The van der Waals surface area contributed by atoms with Crippen molar-refractivity contribution in [2.75, 3.05) is 5.32 Å². The van der Waals surface area contributed by atoms with E-state index in [1.807, 2.05) is 36.4 Å². The van der Waals surface area contributed by atoms with Gasteiger partial charge in [-0.1, -0.05) is 43.0 Å². The zero-order valence-corrected chi connectivity index (χ0v) is 13.6. The van der Waals surface area contributed by atoms with Gasteiger partial charge in [0.15, 0.2) is 0 Å². The highest BCUT2D eigenvalue weighted by Crippen LogP contribution is 2.49. The van der Waals surface area contributed by atoms with Crippen LogP contribution in [0.2, 0.25) is 0 Å². The fourth-order valence-electron chi connectivity index (χ4n) is 3.61. The lowest BCUT2D eigenvalue weighted by Crippen LogP contribution is -2.27. The van der Waals surface area contributed by atoms with Crippen LogP contribution in [0.3, 0.4) is 0 Å². The van der Waals surface area contributed by atoms with Gasteiger partial charge >= 0.3 is 0 Å². The van der Waals surface area contributed by atoms with Crippen LogP contribution in [0.5, 0.6) is 0 Å². The quantitative estimate of drug-likeness (QED) is 0.720. The topological polar surface area (TPSA) is 68.3 Å². The molecule has 128 valence electrons. The van der Waals surface area contributed by atoms with E-state index >= 15 is 0 Å². The van der Waals surface area contributed by atoms with Gasteiger partial charge in [0.25, 0.3) is 0 Å². The van der Waals surface area contributed by atoms with Crippen molar-refractivity contribution in [3.8, 4) is 0 Å². The monoisotopic (exact) mass is 334 g/mol. The molecule has 0 saturated heterocycles. The summed E-state index contributed by atoms with van der Waals surface area (Å²) in [5.41, 5.74) is 10.7. The average Bonchev–Trinajstić information content (AvgIpc) is 3.16. The van der Waals surface area contributed by atoms with Crippen LogP contribution < -0.4 is 11.1 Å². The molecule has 0 saturated carbocycles. The maximum absolute atomic E-state index is 11.9. The lowest BCUT2D eigenvalue weighted by atomic mass is 9.76. The van der Waals surface area contributed by atoms with Gasteiger partial charge in [0.2, 0.25) is 5.91 Å². The van der Waals surface area contributed by atoms with Crippen molar-refractivity contribution in [1.82, 2.24) is 0 Å². The van der Waals surface area contributed by atoms with E-state index in [1.165, 1.54) is 0 Å². The van der Waals surface area contributed by atoms with Crippen LogP contribution >= 0.6 is 0 Å². The second-order valence-corrected chi connectivity index (χ2v) is 6.18. The molecule has 0 fully saturated rings. The first-order valence-corrected chi connectivity index (χ1v) is 8.12. The third-order valence-corrected chi connectivity index (χ3v) is 4.73. The molecule has 2 unspecified atom stereocenters. The maximum Gasteiger partial charge on any atom is 0.249 e. The minimum Gasteiger partial charge on any atom is -0.472 e. The number of benzene rings is 2. The van der Waals surface area contributed by atoms with Gasteiger partial charge in [0, 0.05) is 31.1 Å². The second kappa shape index (κ2) is 5.98. The lowest BCUT2D eigenvalue weighted by Gasteiger charge is -2.37. The van der Waals surface area contributed by atoms with Gasteiger partial charge in [-0.05, 0) is 29.3 Å². The highest BCUT2D eigenvalue weighted by atomic mass is 16.3. The van der Waals surface area contributed by atoms with E-state index in [0.717, 1.165) is 28.0 Å². The van der Waals surface area contributed by atoms with E-state index in [9.17, 15) is 4.79 Å². The summed E-state index contributed by atoms with van der Waals surface area (Å²) in [6, 6.07) is 17.6. The Kier molecular flexibility index (Phi) is 3.65. The normalized spacial score (nSPS) is 19.1. The molecule has 2 atom stereocenters. The van der Waals surface area contributed by atoms with E-state index in [0.29, 0.717) is 5.56 Å². The van der Waals surface area contributed by atoms with Gasteiger partial charge in [-0.2, -0.15) is 0 Å². The van der Waals surface area contributed by atoms with Crippen LogP contribution in [0, 0.1) is 0 Å². The molecule has 3 N–H and O–H groups in total. The van der Waals surface area contributed by atoms with Gasteiger partial charge in [0.1, 0.15) is 0 Å². The number of nitrogens with two attached hydrogens (primary N) is 1. The first-order valence-electron chi connectivity index (χ1n) is 8.12. The highest BCUT2D eigenvalue weighted by Gasteiger charge is 2.35. The zero-order chi connectivity index (χ0) is 17.4. The van der Waals surface area contributed by atoms with E-state index in [4.69, 9.17) is 10.2 Å². The highest BCUT2D eigenvalue weighted by molar-refractivity contribution is 6.02. The number of amides is 1. The summed E-state index contributed by atoms with van der Waals surface area (Å²) in [6.07, 6.45) is 3.38. The molecule has 3 aromatic rings. The number of anilines is 1. The molecule has 1 aliphatic rings. The molecule has 0 aliphatic carbocycles. The third kappa shape index (κ3) is 2.52. The Morgan fingerprint density at radius 3 is 2.56 bits per heavy atom. The van der Waals surface area contributed by atoms with Crippen molar-refractivity contribution >= 4 is 17.2 Å². The molecule has 0 bridgehead atoms. The third-order valence-electron chi connectivity index (χ3n) is 4.73. The van der Waals surface area contributed by atoms with Crippen molar-refractivity contribution in [2.24, 2.45) is 5.73 Å². The number of furan rings is 1. The Hall–Kier alpha value is -3.27. The van der Waals surface area contributed by atoms with Crippen molar-refractivity contribution < 1.29 is 12.1 Å². The SMILES string of the molecule is C=C1c2c(cccc2C(N)=O)NC(c2ccccc2)C1c1ccoc1.[HH].[HH]. The fourth-order valence-corrected chi connectivity index (χ4v) is 3.61. The molecule has 0 spiro atoms. The van der Waals surface area contributed by atoms with Crippen molar-refractivity contribution in [2.45, 2.75) is 12.0 Å². The molecular formula is C21H22N2O2. The number of hydrogen-bond donors (Lipinski definition) is 2. The zero-order valence-electron chi connectivity index (χ0n) is 13.6. The molecule has 1 aromatic heterocycles. The van der Waals surface area contributed by atoms with Crippen LogP contribution in [0.1, 0.15) is 41.9 Å². The Morgan fingerprint density at radius 2 is 1.88 bits per heavy atom. The summed E-state index contributed by atoms with van der Waals surface area (Å²) in [7, 11) is 0. The fraction of sp³-hybridized carbons (Fsp3) is 0.0952. The van der Waals surface area contributed by atoms with Crippen LogP contribution in [-0.2, 0) is 0 Å². The van der Waals surface area contributed by atoms with Gasteiger partial charge in [-0.15, -0.1) is 0 Å². The molecular weight excluding hydrogens is 312 g/mol. The molecule has 4 rings (SSSR count). The number of rotatable bonds is 3. The van der Waals surface area contributed by atoms with Gasteiger partial charge in [0.05, 0.1) is 18.6 Å². The predicted molar refractivity (Wildman–Crippen MR) is 102 cm³/mol. The summed E-state index contributed by atoms with van der Waals surface area (Å²) in [5.74, 6) is -0.516. The van der Waals surface area contributed by atoms with E-state index in [1.54, 1.807) is 18.6 Å². The van der Waals surface area contributed by atoms with E-state index < -0.39 is 5.91 Å². The second-order valence-electron chi connectivity index (χ2n) is 6.18. The molecule has 1 aliphatic heterocycles. The van der Waals surface area contributed by atoms with Crippen molar-refractivity contribution in [3.63, 3.8) is 0 Å². The molecule has 4 heteroatoms. The van der Waals surface area contributed by atoms with Crippen molar-refractivity contribution in [1.29, 1.82) is 0 Å². The number of fused-ring (bicyclic) bond motifs is 1. The minimum absolute atomic E-state index is 0. The maximum atomic E-state index is 11.9. The molecule has 0 radical (unpaired) electrons. The smallest absolute Gasteiger partial charge is 0.249 e. The van der Waals surface area contributed by atoms with Crippen LogP contribution in [0.4, 0.5) is 5.69 Å². The summed E-state index contributed by atoms with van der Waals surface area (Å²) < 4.78 is 5.31. The Balaban J connectivity index is 0.00000131. The Labute approximate surface area is 148 Å². The minimum atomic E-state index is -0.455. The average molecular weight is 334 g/mol. The molecule has 2 heterocycles. The molecule has 2 aromatic carbocycles. The van der Waals surface area contributed by atoms with Crippen LogP contribution in [-0.4, -0.2) is 5.91 Å². The van der Waals surface area contributed by atoms with E-state index in [2.05, 4.69) is 24.0 Å². The van der Waals surface area contributed by atoms with Gasteiger partial charge < -0.3 is 15.5 Å². The van der Waals surface area contributed by atoms with Gasteiger partial charge in [-0.3, -0.25) is 4.79 Å². The first-order chi connectivity index (χ1) is 12.2. The molecule has 1 amide bonds. The number of nitrogens with one attached hydrogen (secondary N) is 1. The van der Waals surface area contributed by atoms with Gasteiger partial charge in [-0.25, -0.2) is 0 Å². The number of hydrogen-bond acceptors (Lipinski definition) is 3. The van der Waals surface area contributed by atoms with Crippen LogP contribution in [0.15, 0.2) is 78.1 Å². The summed E-state index contributed by atoms with van der Waals surface area (Å²) >= 11 is 0. The predicted octanol–water partition coefficient (Wildman–Crippen LogP) is 4.83. The summed E-state index contributed by atoms with van der Waals surface area (Å²) in [6.45, 7) is 4.32. The molecule has 4 nitrogen and oxygen atoms in total. The van der Waals surface area contributed by atoms with Crippen molar-refractivity contribution in [3.05, 3.63) is 96.0 Å². The number of carbonyl (C=O) groups is 1. The molecule has 25 heavy (non-hydrogen) atoms. The number of primary amides is 1. The number of carbonyl (C=O) groups excluding carboxylic acids is 1. The largest absolute Gasteiger partial charge is 0.472 e. The summed E-state index contributed by atoms with van der Waals surface area (Å²) in [5, 5.41) is 3.57. The Morgan fingerprint density at radius 1 is 1.08 bits per heavy atom.